The summed E-state index contributed by atoms with van der Waals surface area (Å²) in [4.78, 5) is 8.91. The van der Waals surface area contributed by atoms with Gasteiger partial charge in [-0.3, -0.25) is 9.88 Å². The highest BCUT2D eigenvalue weighted by Crippen LogP contribution is 2.34. The summed E-state index contributed by atoms with van der Waals surface area (Å²) in [7, 11) is 0. The van der Waals surface area contributed by atoms with Gasteiger partial charge >= 0.3 is 0 Å². The second-order valence-corrected chi connectivity index (χ2v) is 6.90. The average Bonchev–Trinajstić information content (AvgIpc) is 2.59. The number of aryl methyl sites for hydroxylation is 1. The van der Waals surface area contributed by atoms with E-state index in [9.17, 15) is 4.39 Å². The first-order valence-corrected chi connectivity index (χ1v) is 8.67. The molecule has 2 aromatic rings. The Morgan fingerprint density at radius 1 is 1.04 bits per heavy atom. The van der Waals surface area contributed by atoms with Gasteiger partial charge in [-0.15, -0.1) is 0 Å². The van der Waals surface area contributed by atoms with Crippen LogP contribution in [0.2, 0.25) is 0 Å². The molecule has 0 aliphatic carbocycles. The van der Waals surface area contributed by atoms with E-state index in [-0.39, 0.29) is 5.82 Å². The number of benzene rings is 1. The molecule has 6 heteroatoms. The smallest absolute Gasteiger partial charge is 0.125 e. The van der Waals surface area contributed by atoms with Crippen LogP contribution in [0, 0.1) is 12.7 Å². The zero-order valence-corrected chi connectivity index (χ0v) is 15.1. The lowest BCUT2D eigenvalue weighted by Gasteiger charge is -2.38. The van der Waals surface area contributed by atoms with Crippen molar-refractivity contribution in [2.75, 3.05) is 42.5 Å². The summed E-state index contributed by atoms with van der Waals surface area (Å²) in [5, 5.41) is 0. The number of hydrogen-bond donors (Lipinski definition) is 2. The summed E-state index contributed by atoms with van der Waals surface area (Å²) >= 11 is 0. The summed E-state index contributed by atoms with van der Waals surface area (Å²) in [5.74, 6) is -0.280. The molecule has 1 fully saturated rings. The maximum absolute atomic E-state index is 14.3. The fraction of sp³-hybridized carbons (Fsp3) is 0.421. The second kappa shape index (κ2) is 6.88. The van der Waals surface area contributed by atoms with Crippen LogP contribution in [0.5, 0.6) is 0 Å². The zero-order valence-electron chi connectivity index (χ0n) is 15.1. The molecule has 0 amide bonds. The molecule has 0 saturated carbocycles. The first-order chi connectivity index (χ1) is 11.9. The number of nitrogens with two attached hydrogens (primary N) is 2. The van der Waals surface area contributed by atoms with Gasteiger partial charge in [-0.1, -0.05) is 0 Å². The Morgan fingerprint density at radius 3 is 2.36 bits per heavy atom. The van der Waals surface area contributed by atoms with Gasteiger partial charge in [0.25, 0.3) is 0 Å². The van der Waals surface area contributed by atoms with Gasteiger partial charge in [-0.05, 0) is 44.5 Å². The largest absolute Gasteiger partial charge is 0.396 e. The van der Waals surface area contributed by atoms with Crippen molar-refractivity contribution in [2.24, 2.45) is 0 Å². The number of anilines is 3. The minimum absolute atomic E-state index is 0.280. The molecule has 0 unspecified atom stereocenters. The van der Waals surface area contributed by atoms with E-state index in [2.05, 4.69) is 28.6 Å². The summed E-state index contributed by atoms with van der Waals surface area (Å²) in [6.07, 6.45) is 1.66. The molecule has 4 N–H and O–H groups in total. The Hall–Kier alpha value is -2.34. The number of nitrogen functional groups attached to an aromatic ring is 2. The molecule has 1 aliphatic rings. The normalized spacial score (nSPS) is 15.8. The van der Waals surface area contributed by atoms with Crippen molar-refractivity contribution in [3.8, 4) is 11.1 Å². The molecule has 0 radical (unpaired) electrons. The van der Waals surface area contributed by atoms with Gasteiger partial charge in [0.2, 0.25) is 0 Å². The number of aromatic nitrogens is 1. The maximum Gasteiger partial charge on any atom is 0.125 e. The van der Waals surface area contributed by atoms with Crippen molar-refractivity contribution in [3.05, 3.63) is 35.9 Å². The third-order valence-electron chi connectivity index (χ3n) is 4.96. The van der Waals surface area contributed by atoms with Gasteiger partial charge in [0.15, 0.2) is 0 Å². The zero-order chi connectivity index (χ0) is 18.1. The highest BCUT2D eigenvalue weighted by atomic mass is 19.1. The third kappa shape index (κ3) is 3.54. The van der Waals surface area contributed by atoms with E-state index in [0.29, 0.717) is 34.2 Å². The quantitative estimate of drug-likeness (QED) is 0.897. The lowest BCUT2D eigenvalue weighted by Crippen LogP contribution is -2.48. The van der Waals surface area contributed by atoms with Crippen LogP contribution in [0.4, 0.5) is 21.5 Å². The number of hydrogen-bond acceptors (Lipinski definition) is 5. The van der Waals surface area contributed by atoms with Gasteiger partial charge < -0.3 is 16.4 Å². The summed E-state index contributed by atoms with van der Waals surface area (Å²) in [6, 6.07) is 5.56. The Balaban J connectivity index is 1.91. The topological polar surface area (TPSA) is 71.4 Å². The molecule has 1 saturated heterocycles. The maximum atomic E-state index is 14.3. The molecule has 5 nitrogen and oxygen atoms in total. The van der Waals surface area contributed by atoms with Crippen LogP contribution >= 0.6 is 0 Å². The van der Waals surface area contributed by atoms with E-state index in [1.165, 1.54) is 6.07 Å². The van der Waals surface area contributed by atoms with Crippen molar-refractivity contribution in [1.29, 1.82) is 0 Å². The van der Waals surface area contributed by atoms with Gasteiger partial charge in [-0.25, -0.2) is 4.39 Å². The fourth-order valence-electron chi connectivity index (χ4n) is 3.28. The summed E-state index contributed by atoms with van der Waals surface area (Å²) in [5.41, 5.74) is 16.0. The molecule has 0 atom stereocenters. The molecule has 2 heterocycles. The van der Waals surface area contributed by atoms with Crippen LogP contribution in [0.25, 0.3) is 11.1 Å². The lowest BCUT2D eigenvalue weighted by molar-refractivity contribution is 0.209. The number of piperazine rings is 1. The second-order valence-electron chi connectivity index (χ2n) is 6.90. The van der Waals surface area contributed by atoms with Gasteiger partial charge in [0.05, 0.1) is 17.1 Å². The predicted molar refractivity (Wildman–Crippen MR) is 102 cm³/mol. The Labute approximate surface area is 148 Å². The fourth-order valence-corrected chi connectivity index (χ4v) is 3.28. The Kier molecular flexibility index (Phi) is 4.81. The molecular formula is C19H26FN5. The molecule has 1 aliphatic heterocycles. The number of rotatable bonds is 3. The summed E-state index contributed by atoms with van der Waals surface area (Å²) < 4.78 is 14.3. The van der Waals surface area contributed by atoms with Crippen molar-refractivity contribution in [3.63, 3.8) is 0 Å². The lowest BCUT2D eigenvalue weighted by atomic mass is 10.0. The molecule has 1 aromatic carbocycles. The van der Waals surface area contributed by atoms with Crippen molar-refractivity contribution in [1.82, 2.24) is 9.88 Å². The molecule has 25 heavy (non-hydrogen) atoms. The third-order valence-corrected chi connectivity index (χ3v) is 4.96. The number of nitrogens with zero attached hydrogens (tertiary/aromatic N) is 3. The first-order valence-electron chi connectivity index (χ1n) is 8.67. The van der Waals surface area contributed by atoms with Crippen molar-refractivity contribution in [2.45, 2.75) is 26.8 Å². The van der Waals surface area contributed by atoms with E-state index in [4.69, 9.17) is 11.5 Å². The first kappa shape index (κ1) is 17.5. The van der Waals surface area contributed by atoms with Crippen LogP contribution in [-0.4, -0.2) is 42.1 Å². The minimum atomic E-state index is -0.280. The number of pyridine rings is 1. The highest BCUT2D eigenvalue weighted by Gasteiger charge is 2.20. The standard InChI is InChI=1S/C19H26FN5/c1-12(2)24-4-6-25(7-5-24)16-9-14(8-15(20)10-16)17-11-23-13(3)18(21)19(17)22/h8-12H,4-7,21H2,1-3H3,(H2,22,23). The van der Waals surface area contributed by atoms with Gasteiger partial charge in [0.1, 0.15) is 5.82 Å². The average molecular weight is 343 g/mol. The predicted octanol–water partition coefficient (Wildman–Crippen LogP) is 2.89. The monoisotopic (exact) mass is 343 g/mol. The molecule has 3 rings (SSSR count). The molecule has 0 spiro atoms. The van der Waals surface area contributed by atoms with E-state index in [1.807, 2.05) is 6.07 Å². The van der Waals surface area contributed by atoms with E-state index in [1.54, 1.807) is 19.2 Å². The van der Waals surface area contributed by atoms with Crippen LogP contribution in [-0.2, 0) is 0 Å². The van der Waals surface area contributed by atoms with Gasteiger partial charge in [-0.2, -0.15) is 0 Å². The van der Waals surface area contributed by atoms with Crippen molar-refractivity contribution < 1.29 is 4.39 Å². The molecule has 134 valence electrons. The van der Waals surface area contributed by atoms with E-state index < -0.39 is 0 Å². The van der Waals surface area contributed by atoms with Gasteiger partial charge in [0, 0.05) is 49.7 Å². The van der Waals surface area contributed by atoms with Crippen LogP contribution in [0.1, 0.15) is 19.5 Å². The van der Waals surface area contributed by atoms with Crippen LogP contribution in [0.15, 0.2) is 24.4 Å². The van der Waals surface area contributed by atoms with Crippen molar-refractivity contribution >= 4 is 17.1 Å². The molecule has 0 bridgehead atoms. The molecular weight excluding hydrogens is 317 g/mol. The summed E-state index contributed by atoms with van der Waals surface area (Å²) in [6.45, 7) is 9.92. The highest BCUT2D eigenvalue weighted by molar-refractivity contribution is 5.85. The number of halogens is 1. The minimum Gasteiger partial charge on any atom is -0.396 e. The van der Waals surface area contributed by atoms with Crippen LogP contribution in [0.3, 0.4) is 0 Å². The molecule has 1 aromatic heterocycles. The SMILES string of the molecule is Cc1ncc(-c2cc(F)cc(N3CCN(C(C)C)CC3)c2)c(N)c1N. The Morgan fingerprint density at radius 2 is 1.72 bits per heavy atom. The van der Waals surface area contributed by atoms with E-state index >= 15 is 0 Å². The Bertz CT molecular complexity index is 767. The van der Waals surface area contributed by atoms with E-state index in [0.717, 1.165) is 31.9 Å². The van der Waals surface area contributed by atoms with Crippen LogP contribution < -0.4 is 16.4 Å².